The lowest BCUT2D eigenvalue weighted by molar-refractivity contribution is -0.128. The first kappa shape index (κ1) is 22.3. The molecular weight excluding hydrogens is 362 g/mol. The minimum atomic E-state index is -0.891. The summed E-state index contributed by atoms with van der Waals surface area (Å²) < 4.78 is 0. The van der Waals surface area contributed by atoms with E-state index in [4.69, 9.17) is 0 Å². The lowest BCUT2D eigenvalue weighted by Crippen LogP contribution is -2.45. The van der Waals surface area contributed by atoms with Crippen LogP contribution in [0.2, 0.25) is 0 Å². The van der Waals surface area contributed by atoms with Crippen LogP contribution in [0, 0.1) is 23.7 Å². The van der Waals surface area contributed by atoms with Crippen molar-refractivity contribution in [2.24, 2.45) is 23.7 Å². The first-order valence-corrected chi connectivity index (χ1v) is 11.7. The van der Waals surface area contributed by atoms with Crippen LogP contribution in [0.15, 0.2) is 30.3 Å². The van der Waals surface area contributed by atoms with Gasteiger partial charge in [0, 0.05) is 5.92 Å². The zero-order valence-electron chi connectivity index (χ0n) is 17.9. The van der Waals surface area contributed by atoms with Crippen molar-refractivity contribution in [2.45, 2.75) is 83.3 Å². The molecule has 1 unspecified atom stereocenters. The van der Waals surface area contributed by atoms with Gasteiger partial charge in [-0.05, 0) is 36.2 Å². The Morgan fingerprint density at radius 3 is 2.41 bits per heavy atom. The lowest BCUT2D eigenvalue weighted by Gasteiger charge is -2.32. The molecule has 0 radical (unpaired) electrons. The van der Waals surface area contributed by atoms with Gasteiger partial charge >= 0.3 is 0 Å². The van der Waals surface area contributed by atoms with Gasteiger partial charge < -0.3 is 15.5 Å². The molecule has 0 heterocycles. The number of aliphatic hydroxyl groups is 2. The fourth-order valence-electron chi connectivity index (χ4n) is 5.29. The number of hydrogen-bond acceptors (Lipinski definition) is 3. The Hall–Kier alpha value is -1.39. The summed E-state index contributed by atoms with van der Waals surface area (Å²) in [5.74, 6) is 2.44. The third-order valence-corrected chi connectivity index (χ3v) is 7.32. The van der Waals surface area contributed by atoms with E-state index in [1.165, 1.54) is 44.9 Å². The molecule has 0 aromatic heterocycles. The Balaban J connectivity index is 1.47. The summed E-state index contributed by atoms with van der Waals surface area (Å²) in [5, 5.41) is 23.2. The second-order valence-electron chi connectivity index (χ2n) is 9.59. The van der Waals surface area contributed by atoms with Gasteiger partial charge in [0.25, 0.3) is 0 Å². The van der Waals surface area contributed by atoms with E-state index >= 15 is 0 Å². The molecule has 4 nitrogen and oxygen atoms in total. The van der Waals surface area contributed by atoms with Crippen molar-refractivity contribution < 1.29 is 15.0 Å². The molecule has 0 bridgehead atoms. The molecule has 3 rings (SSSR count). The Bertz CT molecular complexity index is 612. The molecule has 2 aliphatic carbocycles. The summed E-state index contributed by atoms with van der Waals surface area (Å²) in [7, 11) is 0. The van der Waals surface area contributed by atoms with Crippen molar-refractivity contribution in [1.82, 2.24) is 5.32 Å². The highest BCUT2D eigenvalue weighted by Crippen LogP contribution is 2.36. The van der Waals surface area contributed by atoms with Gasteiger partial charge in [0.05, 0.1) is 12.6 Å². The SMILES string of the molecule is CC1CCC(CC[C@H]2CCCC(C(=O)N[C@@H](CO)[C@@H](O)c3ccccc3)C2)CC1. The molecule has 4 heteroatoms. The van der Waals surface area contributed by atoms with Crippen molar-refractivity contribution in [3.05, 3.63) is 35.9 Å². The Labute approximate surface area is 176 Å². The van der Waals surface area contributed by atoms with Crippen molar-refractivity contribution in [3.8, 4) is 0 Å². The topological polar surface area (TPSA) is 69.6 Å². The highest BCUT2D eigenvalue weighted by molar-refractivity contribution is 5.79. The molecule has 1 aromatic carbocycles. The van der Waals surface area contributed by atoms with Gasteiger partial charge in [-0.15, -0.1) is 0 Å². The van der Waals surface area contributed by atoms with Gasteiger partial charge in [0.15, 0.2) is 0 Å². The summed E-state index contributed by atoms with van der Waals surface area (Å²) in [6.45, 7) is 2.10. The van der Waals surface area contributed by atoms with Crippen LogP contribution < -0.4 is 5.32 Å². The molecule has 0 saturated heterocycles. The van der Waals surface area contributed by atoms with Gasteiger partial charge in [-0.3, -0.25) is 4.79 Å². The summed E-state index contributed by atoms with van der Waals surface area (Å²) in [6, 6.07) is 8.58. The number of carbonyl (C=O) groups excluding carboxylic acids is 1. The lowest BCUT2D eigenvalue weighted by atomic mass is 9.75. The molecule has 162 valence electrons. The molecule has 29 heavy (non-hydrogen) atoms. The van der Waals surface area contributed by atoms with Gasteiger partial charge in [-0.2, -0.15) is 0 Å². The molecule has 1 aromatic rings. The first-order chi connectivity index (χ1) is 14.1. The van der Waals surface area contributed by atoms with E-state index in [1.54, 1.807) is 0 Å². The highest BCUT2D eigenvalue weighted by atomic mass is 16.3. The van der Waals surface area contributed by atoms with Crippen LogP contribution in [-0.2, 0) is 4.79 Å². The van der Waals surface area contributed by atoms with Crippen molar-refractivity contribution in [1.29, 1.82) is 0 Å². The molecule has 4 atom stereocenters. The maximum Gasteiger partial charge on any atom is 0.223 e. The molecule has 0 aliphatic heterocycles. The predicted octanol–water partition coefficient (Wildman–Crippen LogP) is 4.61. The highest BCUT2D eigenvalue weighted by Gasteiger charge is 2.31. The Morgan fingerprint density at radius 1 is 1.03 bits per heavy atom. The third-order valence-electron chi connectivity index (χ3n) is 7.32. The van der Waals surface area contributed by atoms with Crippen LogP contribution in [-0.4, -0.2) is 28.8 Å². The summed E-state index contributed by atoms with van der Waals surface area (Å²) >= 11 is 0. The van der Waals surface area contributed by atoms with E-state index in [2.05, 4.69) is 12.2 Å². The quantitative estimate of drug-likeness (QED) is 0.596. The smallest absolute Gasteiger partial charge is 0.223 e. The van der Waals surface area contributed by atoms with E-state index in [0.29, 0.717) is 5.92 Å². The largest absolute Gasteiger partial charge is 0.394 e. The van der Waals surface area contributed by atoms with Crippen molar-refractivity contribution in [2.75, 3.05) is 6.61 Å². The number of nitrogens with one attached hydrogen (secondary N) is 1. The molecular formula is C25H39NO3. The predicted molar refractivity (Wildman–Crippen MR) is 116 cm³/mol. The third kappa shape index (κ3) is 6.55. The van der Waals surface area contributed by atoms with Crippen LogP contribution >= 0.6 is 0 Å². The number of aliphatic hydroxyl groups excluding tert-OH is 2. The van der Waals surface area contributed by atoms with Crippen LogP contribution in [0.3, 0.4) is 0 Å². The zero-order valence-corrected chi connectivity index (χ0v) is 17.9. The maximum atomic E-state index is 12.9. The standard InChI is InChI=1S/C25H39NO3/c1-18-10-12-19(13-11-18)14-15-20-6-5-9-22(16-20)25(29)26-23(17-27)24(28)21-7-3-2-4-8-21/h2-4,7-8,18-20,22-24,27-28H,5-6,9-17H2,1H3,(H,26,29)/t18?,19?,20-,22?,23+,24+/m1/s1. The summed E-state index contributed by atoms with van der Waals surface area (Å²) in [4.78, 5) is 12.9. The number of carbonyl (C=O) groups is 1. The number of benzene rings is 1. The second kappa shape index (κ2) is 11.1. The van der Waals surface area contributed by atoms with E-state index in [1.807, 2.05) is 30.3 Å². The average Bonchev–Trinajstić information content (AvgIpc) is 2.77. The normalized spacial score (nSPS) is 29.8. The minimum Gasteiger partial charge on any atom is -0.394 e. The van der Waals surface area contributed by atoms with Gasteiger partial charge in [-0.1, -0.05) is 88.6 Å². The van der Waals surface area contributed by atoms with E-state index < -0.39 is 12.1 Å². The molecule has 2 saturated carbocycles. The number of amides is 1. The molecule has 2 aliphatic rings. The van der Waals surface area contributed by atoms with E-state index in [-0.39, 0.29) is 18.4 Å². The maximum absolute atomic E-state index is 12.9. The van der Waals surface area contributed by atoms with E-state index in [0.717, 1.165) is 36.7 Å². The number of rotatable bonds is 8. The van der Waals surface area contributed by atoms with Crippen LogP contribution in [0.4, 0.5) is 0 Å². The van der Waals surface area contributed by atoms with Gasteiger partial charge in [-0.25, -0.2) is 0 Å². The Kier molecular flexibility index (Phi) is 8.55. The second-order valence-corrected chi connectivity index (χ2v) is 9.59. The summed E-state index contributed by atoms with van der Waals surface area (Å²) in [6.07, 6.45) is 11.4. The van der Waals surface area contributed by atoms with Crippen molar-refractivity contribution >= 4 is 5.91 Å². The fraction of sp³-hybridized carbons (Fsp3) is 0.720. The average molecular weight is 402 g/mol. The zero-order chi connectivity index (χ0) is 20.6. The molecule has 1 amide bonds. The first-order valence-electron chi connectivity index (χ1n) is 11.7. The molecule has 2 fully saturated rings. The van der Waals surface area contributed by atoms with Crippen LogP contribution in [0.1, 0.15) is 82.8 Å². The van der Waals surface area contributed by atoms with Crippen molar-refractivity contribution in [3.63, 3.8) is 0 Å². The fourth-order valence-corrected chi connectivity index (χ4v) is 5.29. The van der Waals surface area contributed by atoms with Crippen LogP contribution in [0.25, 0.3) is 0 Å². The van der Waals surface area contributed by atoms with E-state index in [9.17, 15) is 15.0 Å². The molecule has 3 N–H and O–H groups in total. The number of hydrogen-bond donors (Lipinski definition) is 3. The molecule has 0 spiro atoms. The summed E-state index contributed by atoms with van der Waals surface area (Å²) in [5.41, 5.74) is 0.718. The Morgan fingerprint density at radius 2 is 1.72 bits per heavy atom. The minimum absolute atomic E-state index is 0.00442. The monoisotopic (exact) mass is 401 g/mol. The van der Waals surface area contributed by atoms with Crippen LogP contribution in [0.5, 0.6) is 0 Å². The van der Waals surface area contributed by atoms with Gasteiger partial charge in [0.1, 0.15) is 6.10 Å². The van der Waals surface area contributed by atoms with Gasteiger partial charge in [0.2, 0.25) is 5.91 Å².